The fraction of sp³-hybridized carbons (Fsp3) is 0.476. The van der Waals surface area contributed by atoms with Gasteiger partial charge < -0.3 is 10.4 Å². The van der Waals surface area contributed by atoms with E-state index < -0.39 is 5.97 Å². The van der Waals surface area contributed by atoms with Gasteiger partial charge in [-0.05, 0) is 44.4 Å². The lowest BCUT2D eigenvalue weighted by Gasteiger charge is -2.42. The highest BCUT2D eigenvalue weighted by Crippen LogP contribution is 2.40. The van der Waals surface area contributed by atoms with Gasteiger partial charge in [-0.1, -0.05) is 25.1 Å². The molecule has 4 rings (SSSR count). The quantitative estimate of drug-likeness (QED) is 0.786. The molecular weight excluding hydrogens is 342 g/mol. The van der Waals surface area contributed by atoms with Crippen LogP contribution in [0.15, 0.2) is 30.3 Å². The fourth-order valence-electron chi connectivity index (χ4n) is 3.91. The average Bonchev–Trinajstić information content (AvgIpc) is 3.46. The van der Waals surface area contributed by atoms with Gasteiger partial charge in [0.25, 0.3) is 5.91 Å². The van der Waals surface area contributed by atoms with Crippen molar-refractivity contribution in [2.75, 3.05) is 13.1 Å². The van der Waals surface area contributed by atoms with Crippen LogP contribution in [-0.4, -0.2) is 52.0 Å². The van der Waals surface area contributed by atoms with Gasteiger partial charge in [-0.25, -0.2) is 0 Å². The number of carbonyl (C=O) groups excluding carboxylic acids is 1. The maximum Gasteiger partial charge on any atom is 0.317 e. The van der Waals surface area contributed by atoms with Crippen LogP contribution in [0.25, 0.3) is 10.9 Å². The van der Waals surface area contributed by atoms with Crippen LogP contribution < -0.4 is 5.32 Å². The smallest absolute Gasteiger partial charge is 0.317 e. The molecule has 2 aliphatic carbocycles. The Bertz CT molecular complexity index is 872. The molecule has 0 spiro atoms. The topological polar surface area (TPSA) is 82.5 Å². The number of aliphatic carboxylic acids is 1. The molecule has 142 valence electrons. The SMILES string of the molecule is CCN(CC(=O)O)C1CC(NC(=O)c2cc(C3CC3)nc3ccccc23)C1. The van der Waals surface area contributed by atoms with Crippen LogP contribution in [0.4, 0.5) is 0 Å². The molecule has 0 bridgehead atoms. The van der Waals surface area contributed by atoms with Crippen molar-refractivity contribution >= 4 is 22.8 Å². The maximum atomic E-state index is 12.9. The Balaban J connectivity index is 1.46. The molecule has 1 heterocycles. The van der Waals surface area contributed by atoms with E-state index in [4.69, 9.17) is 10.1 Å². The molecule has 0 saturated heterocycles. The zero-order valence-electron chi connectivity index (χ0n) is 15.5. The van der Waals surface area contributed by atoms with Gasteiger partial charge in [-0.2, -0.15) is 0 Å². The molecule has 0 unspecified atom stereocenters. The standard InChI is InChI=1S/C21H25N3O3/c1-2-24(12-20(25)26)15-9-14(10-15)22-21(27)17-11-19(13-7-8-13)23-18-6-4-3-5-16(17)18/h3-6,11,13-15H,2,7-10,12H2,1H3,(H,22,27)(H,25,26). The number of amides is 1. The third-order valence-corrected chi connectivity index (χ3v) is 5.69. The number of nitrogens with zero attached hydrogens (tertiary/aromatic N) is 2. The monoisotopic (exact) mass is 367 g/mol. The van der Waals surface area contributed by atoms with E-state index in [0.717, 1.165) is 42.3 Å². The van der Waals surface area contributed by atoms with E-state index in [1.807, 2.05) is 42.2 Å². The van der Waals surface area contributed by atoms with Crippen LogP contribution in [0.3, 0.4) is 0 Å². The van der Waals surface area contributed by atoms with Crippen molar-refractivity contribution in [3.8, 4) is 0 Å². The molecule has 6 heteroatoms. The number of para-hydroxylation sites is 1. The third kappa shape index (κ3) is 3.81. The van der Waals surface area contributed by atoms with Crippen LogP contribution >= 0.6 is 0 Å². The summed E-state index contributed by atoms with van der Waals surface area (Å²) < 4.78 is 0. The van der Waals surface area contributed by atoms with Gasteiger partial charge >= 0.3 is 5.97 Å². The Kier molecular flexibility index (Phi) is 4.83. The minimum atomic E-state index is -0.805. The van der Waals surface area contributed by atoms with E-state index in [1.165, 1.54) is 0 Å². The molecule has 2 saturated carbocycles. The molecule has 2 aromatic rings. The molecule has 6 nitrogen and oxygen atoms in total. The third-order valence-electron chi connectivity index (χ3n) is 5.69. The Morgan fingerprint density at radius 2 is 2.00 bits per heavy atom. The number of nitrogens with one attached hydrogen (secondary N) is 1. The maximum absolute atomic E-state index is 12.9. The molecule has 2 N–H and O–H groups in total. The Morgan fingerprint density at radius 3 is 2.67 bits per heavy atom. The highest BCUT2D eigenvalue weighted by Gasteiger charge is 2.35. The van der Waals surface area contributed by atoms with Crippen LogP contribution in [0.2, 0.25) is 0 Å². The van der Waals surface area contributed by atoms with Gasteiger partial charge in [0.15, 0.2) is 0 Å². The van der Waals surface area contributed by atoms with E-state index in [1.54, 1.807) is 0 Å². The number of aromatic nitrogens is 1. The highest BCUT2D eigenvalue weighted by atomic mass is 16.4. The van der Waals surface area contributed by atoms with Gasteiger partial charge in [-0.3, -0.25) is 19.5 Å². The van der Waals surface area contributed by atoms with Gasteiger partial charge in [-0.15, -0.1) is 0 Å². The highest BCUT2D eigenvalue weighted by molar-refractivity contribution is 6.06. The predicted molar refractivity (Wildman–Crippen MR) is 103 cm³/mol. The van der Waals surface area contributed by atoms with Crippen molar-refractivity contribution in [2.24, 2.45) is 0 Å². The first-order valence-corrected chi connectivity index (χ1v) is 9.71. The first-order chi connectivity index (χ1) is 13.0. The van der Waals surface area contributed by atoms with Crippen LogP contribution in [0, 0.1) is 0 Å². The Hall–Kier alpha value is -2.47. The van der Waals surface area contributed by atoms with Crippen molar-refractivity contribution in [1.82, 2.24) is 15.2 Å². The number of pyridine rings is 1. The van der Waals surface area contributed by atoms with E-state index >= 15 is 0 Å². The minimum absolute atomic E-state index is 0.0553. The summed E-state index contributed by atoms with van der Waals surface area (Å²) in [4.78, 5) is 30.6. The van der Waals surface area contributed by atoms with Crippen LogP contribution in [0.1, 0.15) is 54.6 Å². The number of carbonyl (C=O) groups is 2. The first kappa shape index (κ1) is 17.9. The number of hydrogen-bond donors (Lipinski definition) is 2. The first-order valence-electron chi connectivity index (χ1n) is 9.71. The van der Waals surface area contributed by atoms with Crippen molar-refractivity contribution in [3.63, 3.8) is 0 Å². The van der Waals surface area contributed by atoms with Crippen molar-refractivity contribution in [1.29, 1.82) is 0 Å². The lowest BCUT2D eigenvalue weighted by atomic mass is 9.85. The van der Waals surface area contributed by atoms with E-state index in [-0.39, 0.29) is 24.5 Å². The van der Waals surface area contributed by atoms with Crippen molar-refractivity contribution in [2.45, 2.75) is 50.6 Å². The van der Waals surface area contributed by atoms with E-state index in [0.29, 0.717) is 18.0 Å². The van der Waals surface area contributed by atoms with Gasteiger partial charge in [0.05, 0.1) is 17.6 Å². The summed E-state index contributed by atoms with van der Waals surface area (Å²) >= 11 is 0. The number of hydrogen-bond acceptors (Lipinski definition) is 4. The summed E-state index contributed by atoms with van der Waals surface area (Å²) in [6.07, 6.45) is 3.89. The molecule has 1 amide bonds. The molecular formula is C21H25N3O3. The van der Waals surface area contributed by atoms with E-state index in [2.05, 4.69) is 5.32 Å². The van der Waals surface area contributed by atoms with Crippen molar-refractivity contribution in [3.05, 3.63) is 41.6 Å². The number of likely N-dealkylation sites (N-methyl/N-ethyl adjacent to an activating group) is 1. The molecule has 0 radical (unpaired) electrons. The lowest BCUT2D eigenvalue weighted by molar-refractivity contribution is -0.139. The molecule has 1 aromatic carbocycles. The summed E-state index contributed by atoms with van der Waals surface area (Å²) in [7, 11) is 0. The molecule has 2 aliphatic rings. The number of carboxylic acids is 1. The van der Waals surface area contributed by atoms with Crippen molar-refractivity contribution < 1.29 is 14.7 Å². The number of fused-ring (bicyclic) bond motifs is 1. The number of rotatable bonds is 7. The summed E-state index contributed by atoms with van der Waals surface area (Å²) in [5.74, 6) is -0.371. The van der Waals surface area contributed by atoms with Gasteiger partial charge in [0.2, 0.25) is 0 Å². The molecule has 0 aliphatic heterocycles. The van der Waals surface area contributed by atoms with E-state index in [9.17, 15) is 9.59 Å². The molecule has 27 heavy (non-hydrogen) atoms. The number of benzene rings is 1. The molecule has 2 fully saturated rings. The second kappa shape index (κ2) is 7.27. The van der Waals surface area contributed by atoms with Crippen LogP contribution in [0.5, 0.6) is 0 Å². The Labute approximate surface area is 158 Å². The Morgan fingerprint density at radius 1 is 1.26 bits per heavy atom. The van der Waals surface area contributed by atoms with Gasteiger partial charge in [0.1, 0.15) is 0 Å². The lowest BCUT2D eigenvalue weighted by Crippen LogP contribution is -2.54. The summed E-state index contributed by atoms with van der Waals surface area (Å²) in [6, 6.07) is 10.1. The van der Waals surface area contributed by atoms with Gasteiger partial charge in [0, 0.05) is 29.1 Å². The largest absolute Gasteiger partial charge is 0.480 e. The zero-order valence-corrected chi connectivity index (χ0v) is 15.5. The molecule has 1 aromatic heterocycles. The fourth-order valence-corrected chi connectivity index (χ4v) is 3.91. The second-order valence-corrected chi connectivity index (χ2v) is 7.64. The van der Waals surface area contributed by atoms with Crippen LogP contribution in [-0.2, 0) is 4.79 Å². The minimum Gasteiger partial charge on any atom is -0.480 e. The second-order valence-electron chi connectivity index (χ2n) is 7.64. The summed E-state index contributed by atoms with van der Waals surface area (Å²) in [5.41, 5.74) is 2.59. The number of carboxylic acid groups (broad SMARTS) is 1. The summed E-state index contributed by atoms with van der Waals surface area (Å²) in [6.45, 7) is 2.73. The predicted octanol–water partition coefficient (Wildman–Crippen LogP) is 2.78. The average molecular weight is 367 g/mol. The normalized spacial score (nSPS) is 21.9. The molecule has 0 atom stereocenters. The summed E-state index contributed by atoms with van der Waals surface area (Å²) in [5, 5.41) is 13.0. The zero-order chi connectivity index (χ0) is 19.0.